The van der Waals surface area contributed by atoms with E-state index in [1.165, 1.54) is 0 Å². The number of pyridine rings is 2. The molecule has 0 bridgehead atoms. The van der Waals surface area contributed by atoms with Crippen LogP contribution in [0.1, 0.15) is 22.9 Å². The van der Waals surface area contributed by atoms with Crippen LogP contribution in [0.5, 0.6) is 0 Å². The molecule has 1 atom stereocenters. The standard InChI is InChI=1S/C40H28N4/c1-3-11-27(12-4-1)38-24-39(28-13-5-2-6-14-28)44-40(43-38)35-20-33(36-22-29-15-7-9-17-31(29)25-41-36)19-34(21-35)37-23-30-16-8-10-18-32(30)26-42-37/h1-26,40,43H. The fraction of sp³-hybridized carbons (Fsp3) is 0.0250. The normalized spacial score (nSPS) is 14.6. The maximum Gasteiger partial charge on any atom is 0.145 e. The third kappa shape index (κ3) is 5.03. The lowest BCUT2D eigenvalue weighted by Crippen LogP contribution is -2.25. The van der Waals surface area contributed by atoms with Crippen LogP contribution in [0.4, 0.5) is 0 Å². The zero-order chi connectivity index (χ0) is 29.3. The molecule has 1 N–H and O–H groups in total. The number of aliphatic imine (C=N–C) groups is 1. The lowest BCUT2D eigenvalue weighted by atomic mass is 9.96. The van der Waals surface area contributed by atoms with Gasteiger partial charge in [-0.15, -0.1) is 0 Å². The van der Waals surface area contributed by atoms with Crippen molar-refractivity contribution in [1.82, 2.24) is 15.3 Å². The minimum absolute atomic E-state index is 0.315. The Labute approximate surface area is 256 Å². The van der Waals surface area contributed by atoms with Crippen LogP contribution >= 0.6 is 0 Å². The van der Waals surface area contributed by atoms with Crippen molar-refractivity contribution in [3.8, 4) is 22.5 Å². The molecule has 0 saturated carbocycles. The number of nitrogens with one attached hydrogen (secondary N) is 1. The predicted octanol–water partition coefficient (Wildman–Crippen LogP) is 9.25. The minimum Gasteiger partial charge on any atom is -0.360 e. The van der Waals surface area contributed by atoms with Gasteiger partial charge in [0.2, 0.25) is 0 Å². The quantitative estimate of drug-likeness (QED) is 0.227. The summed E-state index contributed by atoms with van der Waals surface area (Å²) in [5.74, 6) is 0. The van der Waals surface area contributed by atoms with Crippen molar-refractivity contribution >= 4 is 33.0 Å². The molecule has 0 radical (unpaired) electrons. The number of allylic oxidation sites excluding steroid dienone is 1. The van der Waals surface area contributed by atoms with Crippen molar-refractivity contribution in [3.63, 3.8) is 0 Å². The van der Waals surface area contributed by atoms with E-state index in [4.69, 9.17) is 15.0 Å². The van der Waals surface area contributed by atoms with E-state index in [2.05, 4.69) is 127 Å². The summed E-state index contributed by atoms with van der Waals surface area (Å²) in [5.41, 5.74) is 9.07. The van der Waals surface area contributed by atoms with Gasteiger partial charge in [-0.1, -0.05) is 109 Å². The molecule has 4 nitrogen and oxygen atoms in total. The number of hydrogen-bond donors (Lipinski definition) is 1. The second-order valence-corrected chi connectivity index (χ2v) is 11.0. The van der Waals surface area contributed by atoms with Gasteiger partial charge < -0.3 is 5.32 Å². The molecule has 44 heavy (non-hydrogen) atoms. The molecule has 1 aliphatic rings. The molecule has 8 rings (SSSR count). The van der Waals surface area contributed by atoms with Gasteiger partial charge in [-0.05, 0) is 63.9 Å². The molecule has 5 aromatic carbocycles. The van der Waals surface area contributed by atoms with Crippen LogP contribution in [0.25, 0.3) is 49.8 Å². The summed E-state index contributed by atoms with van der Waals surface area (Å²) >= 11 is 0. The monoisotopic (exact) mass is 564 g/mol. The minimum atomic E-state index is -0.315. The molecule has 0 aliphatic carbocycles. The summed E-state index contributed by atoms with van der Waals surface area (Å²) < 4.78 is 0. The largest absolute Gasteiger partial charge is 0.360 e. The second-order valence-electron chi connectivity index (χ2n) is 11.0. The lowest BCUT2D eigenvalue weighted by molar-refractivity contribution is 0.664. The molecule has 7 aromatic rings. The van der Waals surface area contributed by atoms with E-state index in [1.54, 1.807) is 0 Å². The number of benzene rings is 5. The Morgan fingerprint density at radius 2 is 0.955 bits per heavy atom. The first-order chi connectivity index (χ1) is 21.8. The van der Waals surface area contributed by atoms with E-state index < -0.39 is 0 Å². The van der Waals surface area contributed by atoms with Gasteiger partial charge >= 0.3 is 0 Å². The topological polar surface area (TPSA) is 50.2 Å². The van der Waals surface area contributed by atoms with Gasteiger partial charge in [0.05, 0.1) is 17.1 Å². The molecule has 1 aliphatic heterocycles. The predicted molar refractivity (Wildman–Crippen MR) is 181 cm³/mol. The number of rotatable bonds is 5. The van der Waals surface area contributed by atoms with E-state index in [9.17, 15) is 0 Å². The van der Waals surface area contributed by atoms with Crippen LogP contribution in [0.3, 0.4) is 0 Å². The van der Waals surface area contributed by atoms with Crippen molar-refractivity contribution in [2.45, 2.75) is 6.17 Å². The van der Waals surface area contributed by atoms with Crippen LogP contribution in [-0.2, 0) is 0 Å². The van der Waals surface area contributed by atoms with Crippen LogP contribution < -0.4 is 5.32 Å². The Kier molecular flexibility index (Phi) is 6.50. The molecule has 3 heterocycles. The first kappa shape index (κ1) is 25.8. The molecule has 0 fully saturated rings. The summed E-state index contributed by atoms with van der Waals surface area (Å²) in [6, 6.07) is 48.4. The Hall–Kier alpha value is -5.87. The van der Waals surface area contributed by atoms with Gasteiger partial charge in [-0.2, -0.15) is 0 Å². The molecule has 0 amide bonds. The van der Waals surface area contributed by atoms with Gasteiger partial charge in [0.15, 0.2) is 0 Å². The maximum absolute atomic E-state index is 5.26. The molecule has 2 aromatic heterocycles. The molecular weight excluding hydrogens is 536 g/mol. The number of hydrogen-bond acceptors (Lipinski definition) is 4. The average Bonchev–Trinajstić information content (AvgIpc) is 3.11. The summed E-state index contributed by atoms with van der Waals surface area (Å²) in [7, 11) is 0. The lowest BCUT2D eigenvalue weighted by Gasteiger charge is -2.26. The van der Waals surface area contributed by atoms with E-state index in [1.807, 2.05) is 36.7 Å². The highest BCUT2D eigenvalue weighted by Gasteiger charge is 2.21. The third-order valence-electron chi connectivity index (χ3n) is 8.12. The van der Waals surface area contributed by atoms with E-state index in [0.29, 0.717) is 0 Å². The van der Waals surface area contributed by atoms with Gasteiger partial charge in [0.25, 0.3) is 0 Å². The van der Waals surface area contributed by atoms with Gasteiger partial charge in [0.1, 0.15) is 6.17 Å². The molecule has 1 unspecified atom stereocenters. The van der Waals surface area contributed by atoms with Crippen LogP contribution in [-0.4, -0.2) is 15.7 Å². The van der Waals surface area contributed by atoms with Crippen LogP contribution in [0, 0.1) is 0 Å². The third-order valence-corrected chi connectivity index (χ3v) is 8.12. The summed E-state index contributed by atoms with van der Waals surface area (Å²) in [6.07, 6.45) is 5.73. The van der Waals surface area contributed by atoms with E-state index >= 15 is 0 Å². The molecule has 0 saturated heterocycles. The van der Waals surface area contributed by atoms with Crippen molar-refractivity contribution < 1.29 is 0 Å². The summed E-state index contributed by atoms with van der Waals surface area (Å²) in [6.45, 7) is 0. The van der Waals surface area contributed by atoms with E-state index in [-0.39, 0.29) is 6.17 Å². The highest BCUT2D eigenvalue weighted by atomic mass is 15.1. The highest BCUT2D eigenvalue weighted by Crippen LogP contribution is 2.34. The fourth-order valence-electron chi connectivity index (χ4n) is 5.83. The zero-order valence-corrected chi connectivity index (χ0v) is 23.9. The van der Waals surface area contributed by atoms with Crippen molar-refractivity contribution in [2.24, 2.45) is 4.99 Å². The molecule has 0 spiro atoms. The fourth-order valence-corrected chi connectivity index (χ4v) is 5.83. The number of aromatic nitrogens is 2. The van der Waals surface area contributed by atoms with Crippen molar-refractivity contribution in [1.29, 1.82) is 0 Å². The average molecular weight is 565 g/mol. The van der Waals surface area contributed by atoms with Crippen LogP contribution in [0.2, 0.25) is 0 Å². The Morgan fingerprint density at radius 3 is 1.52 bits per heavy atom. The van der Waals surface area contributed by atoms with E-state index in [0.717, 1.165) is 72.2 Å². The first-order valence-electron chi connectivity index (χ1n) is 14.8. The smallest absolute Gasteiger partial charge is 0.145 e. The highest BCUT2D eigenvalue weighted by molar-refractivity contribution is 6.13. The number of fused-ring (bicyclic) bond motifs is 2. The second kappa shape index (κ2) is 11.1. The number of nitrogens with zero attached hydrogens (tertiary/aromatic N) is 3. The van der Waals surface area contributed by atoms with Crippen molar-refractivity contribution in [3.05, 3.63) is 175 Å². The SMILES string of the molecule is C1=C(c2ccccc2)NC(c2cc(-c3cc4ccccc4cn3)cc(-c3cc4ccccc4cn3)c2)N=C1c1ccccc1. The first-order valence-corrected chi connectivity index (χ1v) is 14.8. The summed E-state index contributed by atoms with van der Waals surface area (Å²) in [4.78, 5) is 15.0. The van der Waals surface area contributed by atoms with Crippen molar-refractivity contribution in [2.75, 3.05) is 0 Å². The van der Waals surface area contributed by atoms with Gasteiger partial charge in [-0.3, -0.25) is 15.0 Å². The molecule has 208 valence electrons. The summed E-state index contributed by atoms with van der Waals surface area (Å²) in [5, 5.41) is 8.28. The van der Waals surface area contributed by atoms with Gasteiger partial charge in [-0.25, -0.2) is 0 Å². The molecular formula is C40H28N4. The van der Waals surface area contributed by atoms with Gasteiger partial charge in [0, 0.05) is 40.0 Å². The molecule has 4 heteroatoms. The van der Waals surface area contributed by atoms with Crippen LogP contribution in [0.15, 0.2) is 163 Å². The Morgan fingerprint density at radius 1 is 0.455 bits per heavy atom. The maximum atomic E-state index is 5.26. The Bertz CT molecular complexity index is 2100. The zero-order valence-electron chi connectivity index (χ0n) is 23.9. The Balaban J connectivity index is 1.30.